The molecule has 4 rings (SSSR count). The highest BCUT2D eigenvalue weighted by atomic mass is 19.1. The fourth-order valence-electron chi connectivity index (χ4n) is 4.88. The van der Waals surface area contributed by atoms with Gasteiger partial charge in [-0.1, -0.05) is 53.7 Å². The second-order valence-corrected chi connectivity index (χ2v) is 13.7. The predicted molar refractivity (Wildman–Crippen MR) is 184 cm³/mol. The molecule has 0 bridgehead atoms. The second-order valence-electron chi connectivity index (χ2n) is 13.7. The number of nitrogens with zero attached hydrogens (tertiary/aromatic N) is 3. The first-order chi connectivity index (χ1) is 22.0. The molecule has 0 aliphatic carbocycles. The number of guanidine groups is 1. The lowest BCUT2D eigenvalue weighted by molar-refractivity contribution is 0.521. The van der Waals surface area contributed by atoms with E-state index in [0.29, 0.717) is 30.5 Å². The summed E-state index contributed by atoms with van der Waals surface area (Å²) >= 11 is 0. The van der Waals surface area contributed by atoms with E-state index in [1.54, 1.807) is 6.07 Å². The van der Waals surface area contributed by atoms with E-state index in [0.717, 1.165) is 53.8 Å². The van der Waals surface area contributed by atoms with E-state index in [1.807, 2.05) is 59.7 Å². The summed E-state index contributed by atoms with van der Waals surface area (Å²) in [5, 5.41) is 3.63. The Bertz CT molecular complexity index is 1700. The minimum absolute atomic E-state index is 0.00128. The Kier molecular flexibility index (Phi) is 12.8. The molecule has 0 unspecified atom stereocenters. The average molecular weight is 655 g/mol. The molecule has 0 aliphatic heterocycles. The third-order valence-corrected chi connectivity index (χ3v) is 7.59. The Morgan fingerprint density at radius 1 is 0.936 bits per heavy atom. The van der Waals surface area contributed by atoms with Crippen LogP contribution in [0, 0.1) is 17.5 Å². The molecule has 0 fully saturated rings. The van der Waals surface area contributed by atoms with Crippen LogP contribution >= 0.6 is 0 Å². The van der Waals surface area contributed by atoms with Crippen LogP contribution in [0.1, 0.15) is 83.2 Å². The van der Waals surface area contributed by atoms with Crippen LogP contribution in [0.3, 0.4) is 0 Å². The number of benzene rings is 2. The zero-order valence-corrected chi connectivity index (χ0v) is 28.3. The van der Waals surface area contributed by atoms with Crippen molar-refractivity contribution in [2.24, 2.45) is 22.2 Å². The number of hydrogen-bond donors (Lipinski definition) is 5. The monoisotopic (exact) mass is 654 g/mol. The van der Waals surface area contributed by atoms with Crippen molar-refractivity contribution in [2.45, 2.75) is 84.6 Å². The normalized spacial score (nSPS) is 11.8. The highest BCUT2D eigenvalue weighted by Crippen LogP contribution is 2.27. The lowest BCUT2D eigenvalue weighted by Crippen LogP contribution is -2.24. The summed E-state index contributed by atoms with van der Waals surface area (Å²) in [6, 6.07) is 9.59. The Morgan fingerprint density at radius 3 is 2.21 bits per heavy atom. The summed E-state index contributed by atoms with van der Waals surface area (Å²) in [6.45, 7) is 13.8. The molecule has 2 aromatic heterocycles. The molecule has 4 aromatic rings. The summed E-state index contributed by atoms with van der Waals surface area (Å²) < 4.78 is 44.0. The van der Waals surface area contributed by atoms with Gasteiger partial charge in [-0.15, -0.1) is 0 Å². The number of H-pyrrole nitrogens is 1. The average Bonchev–Trinajstić information content (AvgIpc) is 3.40. The van der Waals surface area contributed by atoms with Crippen molar-refractivity contribution in [2.75, 3.05) is 19.6 Å². The number of fused-ring (bicyclic) bond motifs is 1. The number of aryl methyl sites for hydroxylation is 1. The van der Waals surface area contributed by atoms with Crippen LogP contribution in [0.2, 0.25) is 0 Å². The van der Waals surface area contributed by atoms with E-state index in [2.05, 4.69) is 20.3 Å². The van der Waals surface area contributed by atoms with Gasteiger partial charge in [0.25, 0.3) is 0 Å². The van der Waals surface area contributed by atoms with Crippen molar-refractivity contribution in [3.05, 3.63) is 92.9 Å². The van der Waals surface area contributed by atoms with E-state index >= 15 is 0 Å². The van der Waals surface area contributed by atoms with Crippen LogP contribution in [-0.2, 0) is 23.8 Å². The van der Waals surface area contributed by atoms with Crippen LogP contribution in [0.5, 0.6) is 0 Å². The minimum Gasteiger partial charge on any atom is -0.370 e. The van der Waals surface area contributed by atoms with Gasteiger partial charge in [0.1, 0.15) is 23.1 Å². The van der Waals surface area contributed by atoms with Gasteiger partial charge in [0.05, 0.1) is 5.69 Å². The lowest BCUT2D eigenvalue weighted by Gasteiger charge is -2.20. The maximum atomic E-state index is 14.6. The van der Waals surface area contributed by atoms with Gasteiger partial charge in [0.15, 0.2) is 5.96 Å². The summed E-state index contributed by atoms with van der Waals surface area (Å²) in [7, 11) is 0. The van der Waals surface area contributed by atoms with Crippen molar-refractivity contribution in [1.29, 1.82) is 0 Å². The van der Waals surface area contributed by atoms with Gasteiger partial charge in [-0.25, -0.2) is 18.0 Å². The molecule has 0 spiro atoms. The molecule has 0 aliphatic rings. The Labute approximate surface area is 274 Å². The second kappa shape index (κ2) is 16.1. The molecule has 256 valence electrons. The molecule has 12 heteroatoms. The van der Waals surface area contributed by atoms with Crippen LogP contribution in [0.4, 0.5) is 13.2 Å². The van der Waals surface area contributed by atoms with Crippen LogP contribution < -0.4 is 28.2 Å². The number of hydrogen-bond acceptors (Lipinski definition) is 5. The molecular formula is C35H49F3N8O. The van der Waals surface area contributed by atoms with E-state index in [-0.39, 0.29) is 40.4 Å². The van der Waals surface area contributed by atoms with Gasteiger partial charge in [0, 0.05) is 41.3 Å². The third kappa shape index (κ3) is 10.7. The van der Waals surface area contributed by atoms with E-state index in [4.69, 9.17) is 17.2 Å². The predicted octanol–water partition coefficient (Wildman–Crippen LogP) is 5.45. The van der Waals surface area contributed by atoms with Gasteiger partial charge in [-0.05, 0) is 79.6 Å². The summed E-state index contributed by atoms with van der Waals surface area (Å²) in [5.74, 6) is -1.59. The number of aromatic nitrogens is 3. The van der Waals surface area contributed by atoms with Crippen LogP contribution in [0.15, 0.2) is 52.4 Å². The van der Waals surface area contributed by atoms with Crippen molar-refractivity contribution in [3.8, 4) is 5.69 Å². The SMILES string of the molecule is CC(C)(C)c1cc(CCCCN)ccc1F.CC(C)(C)c1cc2cn(-c3cc(F)c(CNCCCN=C(N)N)c(F)c3)c(=O)nc2[nH]1. The highest BCUT2D eigenvalue weighted by molar-refractivity contribution is 5.76. The highest BCUT2D eigenvalue weighted by Gasteiger charge is 2.20. The first-order valence-electron chi connectivity index (χ1n) is 15.9. The van der Waals surface area contributed by atoms with Gasteiger partial charge >= 0.3 is 5.69 Å². The van der Waals surface area contributed by atoms with Crippen molar-refractivity contribution < 1.29 is 13.2 Å². The van der Waals surface area contributed by atoms with Crippen molar-refractivity contribution >= 4 is 17.0 Å². The quantitative estimate of drug-likeness (QED) is 0.0824. The largest absolute Gasteiger partial charge is 0.370 e. The molecule has 2 aromatic carbocycles. The third-order valence-electron chi connectivity index (χ3n) is 7.59. The number of unbranched alkanes of at least 4 members (excludes halogenated alkanes) is 1. The fraction of sp³-hybridized carbons (Fsp3) is 0.457. The van der Waals surface area contributed by atoms with Crippen LogP contribution in [-0.4, -0.2) is 40.1 Å². The summed E-state index contributed by atoms with van der Waals surface area (Å²) in [4.78, 5) is 23.5. The van der Waals surface area contributed by atoms with Gasteiger partial charge < -0.3 is 27.5 Å². The standard InChI is InChI=1S/C21H27F2N7O.C14H22FN/c1-21(2,3)17-7-12-11-30(20(31)29-18(12)28-17)13-8-15(22)14(16(23)9-13)10-26-5-4-6-27-19(24)25;1-14(2,3)12-10-11(6-4-5-9-16)7-8-13(12)15/h7-9,11,26H,4-6,10H2,1-3H3,(H4,24,25,27)(H,28,29,31);7-8,10H,4-6,9,16H2,1-3H3. The van der Waals surface area contributed by atoms with E-state index in [9.17, 15) is 18.0 Å². The number of nitrogens with two attached hydrogens (primary N) is 3. The molecule has 0 saturated heterocycles. The molecule has 0 atom stereocenters. The smallest absolute Gasteiger partial charge is 0.354 e. The fourth-order valence-corrected chi connectivity index (χ4v) is 4.88. The number of aromatic amines is 1. The Hall–Kier alpha value is -4.16. The molecular weight excluding hydrogens is 605 g/mol. The Balaban J connectivity index is 0.000000316. The molecule has 9 nitrogen and oxygen atoms in total. The topological polar surface area (TPSA) is 153 Å². The molecule has 8 N–H and O–H groups in total. The molecule has 0 saturated carbocycles. The minimum atomic E-state index is -0.747. The molecule has 0 amide bonds. The first kappa shape index (κ1) is 37.3. The molecule has 0 radical (unpaired) electrons. The number of rotatable bonds is 11. The van der Waals surface area contributed by atoms with Crippen molar-refractivity contribution in [1.82, 2.24) is 19.9 Å². The maximum absolute atomic E-state index is 14.6. The zero-order valence-electron chi connectivity index (χ0n) is 28.3. The number of aliphatic imine (C=N–C) groups is 1. The maximum Gasteiger partial charge on any atom is 0.354 e. The van der Waals surface area contributed by atoms with E-state index in [1.165, 1.54) is 11.8 Å². The van der Waals surface area contributed by atoms with E-state index < -0.39 is 17.3 Å². The number of halogens is 3. The number of nitrogens with one attached hydrogen (secondary N) is 2. The lowest BCUT2D eigenvalue weighted by atomic mass is 9.85. The van der Waals surface area contributed by atoms with Gasteiger partial charge in [-0.2, -0.15) is 4.98 Å². The van der Waals surface area contributed by atoms with Gasteiger partial charge in [0.2, 0.25) is 0 Å². The summed E-state index contributed by atoms with van der Waals surface area (Å²) in [6.07, 6.45) is 5.24. The summed E-state index contributed by atoms with van der Waals surface area (Å²) in [5.41, 5.74) is 18.3. The Morgan fingerprint density at radius 2 is 1.62 bits per heavy atom. The molecule has 2 heterocycles. The first-order valence-corrected chi connectivity index (χ1v) is 15.9. The van der Waals surface area contributed by atoms with Crippen LogP contribution in [0.25, 0.3) is 16.7 Å². The molecule has 47 heavy (non-hydrogen) atoms. The van der Waals surface area contributed by atoms with Crippen molar-refractivity contribution in [3.63, 3.8) is 0 Å². The zero-order chi connectivity index (χ0) is 34.9. The van der Waals surface area contributed by atoms with Gasteiger partial charge in [-0.3, -0.25) is 9.56 Å².